The van der Waals surface area contributed by atoms with E-state index in [0.29, 0.717) is 6.54 Å². The maximum Gasteiger partial charge on any atom is 0.0564 e. The molecule has 66 valence electrons. The maximum atomic E-state index is 5.36. The van der Waals surface area contributed by atoms with E-state index in [1.807, 2.05) is 17.9 Å². The molecule has 0 radical (unpaired) electrons. The molecule has 2 N–H and O–H groups in total. The van der Waals surface area contributed by atoms with Crippen molar-refractivity contribution in [2.45, 2.75) is 13.3 Å². The highest BCUT2D eigenvalue weighted by Gasteiger charge is 1.97. The summed E-state index contributed by atoms with van der Waals surface area (Å²) < 4.78 is 1.86. The average molecular weight is 165 g/mol. The van der Waals surface area contributed by atoms with Crippen LogP contribution in [0.5, 0.6) is 0 Å². The number of aryl methyl sites for hydroxylation is 1. The highest BCUT2D eigenvalue weighted by atomic mass is 15.3. The highest BCUT2D eigenvalue weighted by molar-refractivity contribution is 5.50. The average Bonchev–Trinajstić information content (AvgIpc) is 2.36. The molecule has 3 nitrogen and oxygen atoms in total. The molecule has 0 fully saturated rings. The van der Waals surface area contributed by atoms with Crippen LogP contribution in [-0.2, 0) is 7.05 Å². The summed E-state index contributed by atoms with van der Waals surface area (Å²) in [6.45, 7) is 2.75. The summed E-state index contributed by atoms with van der Waals surface area (Å²) in [6, 6.07) is 0. The lowest BCUT2D eigenvalue weighted by molar-refractivity contribution is 0.740. The minimum Gasteiger partial charge on any atom is -0.330 e. The Hall–Kier alpha value is -1.09. The van der Waals surface area contributed by atoms with Crippen molar-refractivity contribution in [1.29, 1.82) is 0 Å². The monoisotopic (exact) mass is 165 g/mol. The molecule has 0 amide bonds. The van der Waals surface area contributed by atoms with E-state index in [1.165, 1.54) is 11.3 Å². The molecule has 1 aromatic rings. The number of aromatic nitrogens is 2. The Bertz CT molecular complexity index is 273. The van der Waals surface area contributed by atoms with E-state index in [1.54, 1.807) is 0 Å². The molecule has 0 aromatic carbocycles. The minimum atomic E-state index is 0.704. The van der Waals surface area contributed by atoms with Crippen LogP contribution in [0.25, 0.3) is 6.08 Å². The van der Waals surface area contributed by atoms with Gasteiger partial charge in [-0.25, -0.2) is 0 Å². The van der Waals surface area contributed by atoms with Gasteiger partial charge in [-0.2, -0.15) is 5.10 Å². The van der Waals surface area contributed by atoms with E-state index < -0.39 is 0 Å². The van der Waals surface area contributed by atoms with Gasteiger partial charge >= 0.3 is 0 Å². The molecule has 3 heteroatoms. The first-order valence-corrected chi connectivity index (χ1v) is 4.11. The Morgan fingerprint density at radius 1 is 1.67 bits per heavy atom. The third kappa shape index (κ3) is 1.95. The SMILES string of the molecule is Cc1c(C=CCCN)cnn1C. The second kappa shape index (κ2) is 4.07. The highest BCUT2D eigenvalue weighted by Crippen LogP contribution is 2.07. The Labute approximate surface area is 72.9 Å². The largest absolute Gasteiger partial charge is 0.330 e. The molecule has 0 unspecified atom stereocenters. The molecular weight excluding hydrogens is 150 g/mol. The lowest BCUT2D eigenvalue weighted by Gasteiger charge is -1.93. The van der Waals surface area contributed by atoms with Crippen LogP contribution in [0.3, 0.4) is 0 Å². The predicted molar refractivity (Wildman–Crippen MR) is 50.7 cm³/mol. The fourth-order valence-electron chi connectivity index (χ4n) is 0.986. The molecule has 1 rings (SSSR count). The summed E-state index contributed by atoms with van der Waals surface area (Å²) in [5.74, 6) is 0. The van der Waals surface area contributed by atoms with Crippen LogP contribution in [0, 0.1) is 6.92 Å². The van der Waals surface area contributed by atoms with E-state index in [-0.39, 0.29) is 0 Å². The molecular formula is C9H15N3. The number of nitrogens with zero attached hydrogens (tertiary/aromatic N) is 2. The zero-order chi connectivity index (χ0) is 8.97. The van der Waals surface area contributed by atoms with Gasteiger partial charge in [-0.1, -0.05) is 12.2 Å². The van der Waals surface area contributed by atoms with Crippen molar-refractivity contribution in [3.63, 3.8) is 0 Å². The zero-order valence-electron chi connectivity index (χ0n) is 7.62. The van der Waals surface area contributed by atoms with Crippen LogP contribution >= 0.6 is 0 Å². The molecule has 0 aliphatic carbocycles. The van der Waals surface area contributed by atoms with E-state index in [2.05, 4.69) is 24.2 Å². The molecule has 0 saturated carbocycles. The summed E-state index contributed by atoms with van der Waals surface area (Å²) in [5.41, 5.74) is 7.72. The quantitative estimate of drug-likeness (QED) is 0.728. The van der Waals surface area contributed by atoms with Gasteiger partial charge in [0.1, 0.15) is 0 Å². The third-order valence-corrected chi connectivity index (χ3v) is 1.90. The van der Waals surface area contributed by atoms with Gasteiger partial charge in [-0.3, -0.25) is 4.68 Å². The lowest BCUT2D eigenvalue weighted by Crippen LogP contribution is -1.95. The van der Waals surface area contributed by atoms with Crippen LogP contribution in [0.2, 0.25) is 0 Å². The van der Waals surface area contributed by atoms with Gasteiger partial charge in [-0.05, 0) is 19.9 Å². The summed E-state index contributed by atoms with van der Waals surface area (Å²) in [6.07, 6.45) is 6.93. The molecule has 0 atom stereocenters. The first-order valence-electron chi connectivity index (χ1n) is 4.11. The van der Waals surface area contributed by atoms with E-state index in [0.717, 1.165) is 6.42 Å². The van der Waals surface area contributed by atoms with Crippen LogP contribution in [0.15, 0.2) is 12.3 Å². The predicted octanol–water partition coefficient (Wildman–Crippen LogP) is 1.09. The smallest absolute Gasteiger partial charge is 0.0564 e. The Morgan fingerprint density at radius 2 is 2.42 bits per heavy atom. The van der Waals surface area contributed by atoms with Crippen molar-refractivity contribution in [3.05, 3.63) is 23.5 Å². The first-order chi connectivity index (χ1) is 5.75. The van der Waals surface area contributed by atoms with Gasteiger partial charge < -0.3 is 5.73 Å². The van der Waals surface area contributed by atoms with Crippen molar-refractivity contribution >= 4 is 6.08 Å². The maximum absolute atomic E-state index is 5.36. The van der Waals surface area contributed by atoms with Crippen LogP contribution in [-0.4, -0.2) is 16.3 Å². The number of hydrogen-bond donors (Lipinski definition) is 1. The summed E-state index contributed by atoms with van der Waals surface area (Å²) in [7, 11) is 1.94. The van der Waals surface area contributed by atoms with Crippen LogP contribution in [0.1, 0.15) is 17.7 Å². The van der Waals surface area contributed by atoms with Gasteiger partial charge in [0.25, 0.3) is 0 Å². The second-order valence-electron chi connectivity index (χ2n) is 2.79. The second-order valence-corrected chi connectivity index (χ2v) is 2.79. The van der Waals surface area contributed by atoms with Crippen molar-refractivity contribution in [3.8, 4) is 0 Å². The van der Waals surface area contributed by atoms with Gasteiger partial charge in [0.15, 0.2) is 0 Å². The van der Waals surface area contributed by atoms with Crippen molar-refractivity contribution in [2.75, 3.05) is 6.54 Å². The molecule has 12 heavy (non-hydrogen) atoms. The topological polar surface area (TPSA) is 43.8 Å². The number of hydrogen-bond acceptors (Lipinski definition) is 2. The van der Waals surface area contributed by atoms with Gasteiger partial charge in [0.2, 0.25) is 0 Å². The summed E-state index contributed by atoms with van der Waals surface area (Å²) in [4.78, 5) is 0. The zero-order valence-corrected chi connectivity index (χ0v) is 7.62. The summed E-state index contributed by atoms with van der Waals surface area (Å²) >= 11 is 0. The molecule has 0 bridgehead atoms. The lowest BCUT2D eigenvalue weighted by atomic mass is 10.2. The molecule has 1 aromatic heterocycles. The van der Waals surface area contributed by atoms with Crippen molar-refractivity contribution in [2.24, 2.45) is 12.8 Å². The molecule has 0 aliphatic rings. The fraction of sp³-hybridized carbons (Fsp3) is 0.444. The van der Waals surface area contributed by atoms with E-state index >= 15 is 0 Å². The van der Waals surface area contributed by atoms with E-state index in [4.69, 9.17) is 5.73 Å². The standard InChI is InChI=1S/C9H15N3/c1-8-9(5-3-4-6-10)7-11-12(8)2/h3,5,7H,4,6,10H2,1-2H3. The Kier molecular flexibility index (Phi) is 3.05. The molecule has 0 spiro atoms. The summed E-state index contributed by atoms with van der Waals surface area (Å²) in [5, 5.41) is 4.13. The molecule has 0 saturated heterocycles. The third-order valence-electron chi connectivity index (χ3n) is 1.90. The van der Waals surface area contributed by atoms with Crippen LogP contribution < -0.4 is 5.73 Å². The number of rotatable bonds is 3. The van der Waals surface area contributed by atoms with Gasteiger partial charge in [0.05, 0.1) is 6.20 Å². The molecule has 0 aliphatic heterocycles. The Morgan fingerprint density at radius 3 is 2.92 bits per heavy atom. The van der Waals surface area contributed by atoms with Crippen LogP contribution in [0.4, 0.5) is 0 Å². The van der Waals surface area contributed by atoms with Crippen molar-refractivity contribution < 1.29 is 0 Å². The van der Waals surface area contributed by atoms with Crippen molar-refractivity contribution in [1.82, 2.24) is 9.78 Å². The normalized spacial score (nSPS) is 11.2. The van der Waals surface area contributed by atoms with E-state index in [9.17, 15) is 0 Å². The fourth-order valence-corrected chi connectivity index (χ4v) is 0.986. The number of nitrogens with two attached hydrogens (primary N) is 1. The first kappa shape index (κ1) is 9.00. The Balaban J connectivity index is 2.69. The minimum absolute atomic E-state index is 0.704. The molecule has 1 heterocycles. The van der Waals surface area contributed by atoms with Gasteiger partial charge in [-0.15, -0.1) is 0 Å². The van der Waals surface area contributed by atoms with Gasteiger partial charge in [0, 0.05) is 18.3 Å².